The SMILES string of the molecule is COC(=O)c1nc(Br)sc1-c1sccc1Br. The molecule has 0 aliphatic rings. The fourth-order valence-electron chi connectivity index (χ4n) is 1.14. The maximum absolute atomic E-state index is 11.5. The van der Waals surface area contributed by atoms with Gasteiger partial charge in [0.05, 0.1) is 16.9 Å². The minimum Gasteiger partial charge on any atom is -0.464 e. The van der Waals surface area contributed by atoms with Crippen LogP contribution >= 0.6 is 54.5 Å². The molecule has 0 aliphatic carbocycles. The van der Waals surface area contributed by atoms with E-state index >= 15 is 0 Å². The first-order valence-electron chi connectivity index (χ1n) is 4.11. The summed E-state index contributed by atoms with van der Waals surface area (Å²) >= 11 is 9.69. The lowest BCUT2D eigenvalue weighted by Crippen LogP contribution is -2.02. The van der Waals surface area contributed by atoms with Crippen molar-refractivity contribution >= 4 is 60.5 Å². The molecule has 0 saturated heterocycles. The van der Waals surface area contributed by atoms with Crippen molar-refractivity contribution < 1.29 is 9.53 Å². The molecule has 0 fully saturated rings. The van der Waals surface area contributed by atoms with E-state index in [9.17, 15) is 4.79 Å². The van der Waals surface area contributed by atoms with Crippen LogP contribution in [0.15, 0.2) is 19.8 Å². The van der Waals surface area contributed by atoms with Crippen molar-refractivity contribution in [1.29, 1.82) is 0 Å². The minimum atomic E-state index is -0.419. The summed E-state index contributed by atoms with van der Waals surface area (Å²) in [4.78, 5) is 17.5. The minimum absolute atomic E-state index is 0.350. The smallest absolute Gasteiger partial charge is 0.358 e. The van der Waals surface area contributed by atoms with E-state index in [1.807, 2.05) is 11.4 Å². The van der Waals surface area contributed by atoms with E-state index in [4.69, 9.17) is 4.74 Å². The highest BCUT2D eigenvalue weighted by Gasteiger charge is 2.21. The lowest BCUT2D eigenvalue weighted by Gasteiger charge is -1.98. The fraction of sp³-hybridized carbons (Fsp3) is 0.111. The molecule has 16 heavy (non-hydrogen) atoms. The zero-order chi connectivity index (χ0) is 11.7. The van der Waals surface area contributed by atoms with Gasteiger partial charge >= 0.3 is 5.97 Å². The fourth-order valence-corrected chi connectivity index (χ4v) is 4.45. The molecule has 0 unspecified atom stereocenters. The number of methoxy groups -OCH3 is 1. The number of esters is 1. The van der Waals surface area contributed by atoms with E-state index in [0.717, 1.165) is 14.2 Å². The van der Waals surface area contributed by atoms with E-state index in [2.05, 4.69) is 36.8 Å². The molecule has 2 aromatic rings. The van der Waals surface area contributed by atoms with Gasteiger partial charge in [-0.05, 0) is 43.3 Å². The number of rotatable bonds is 2. The highest BCUT2D eigenvalue weighted by Crippen LogP contribution is 2.40. The number of hydrogen-bond donors (Lipinski definition) is 0. The van der Waals surface area contributed by atoms with Gasteiger partial charge in [-0.3, -0.25) is 0 Å². The first-order chi connectivity index (χ1) is 7.63. The van der Waals surface area contributed by atoms with Crippen LogP contribution in [0, 0.1) is 0 Å². The Morgan fingerprint density at radius 3 is 2.75 bits per heavy atom. The van der Waals surface area contributed by atoms with Crippen molar-refractivity contribution in [2.75, 3.05) is 7.11 Å². The van der Waals surface area contributed by atoms with Gasteiger partial charge in [0.25, 0.3) is 0 Å². The lowest BCUT2D eigenvalue weighted by atomic mass is 10.3. The zero-order valence-electron chi connectivity index (χ0n) is 7.99. The van der Waals surface area contributed by atoms with Crippen LogP contribution in [-0.2, 0) is 4.74 Å². The van der Waals surface area contributed by atoms with Crippen molar-refractivity contribution in [1.82, 2.24) is 4.98 Å². The molecule has 0 N–H and O–H groups in total. The average molecular weight is 383 g/mol. The van der Waals surface area contributed by atoms with Crippen LogP contribution in [0.25, 0.3) is 9.75 Å². The quantitative estimate of drug-likeness (QED) is 0.731. The first-order valence-corrected chi connectivity index (χ1v) is 7.39. The van der Waals surface area contributed by atoms with Crippen molar-refractivity contribution in [2.24, 2.45) is 0 Å². The van der Waals surface area contributed by atoms with Crippen LogP contribution in [0.1, 0.15) is 10.5 Å². The predicted molar refractivity (Wildman–Crippen MR) is 72.2 cm³/mol. The van der Waals surface area contributed by atoms with Crippen molar-refractivity contribution in [2.45, 2.75) is 0 Å². The van der Waals surface area contributed by atoms with E-state index in [-0.39, 0.29) is 0 Å². The average Bonchev–Trinajstić information content (AvgIpc) is 2.83. The number of thiazole rings is 1. The van der Waals surface area contributed by atoms with Gasteiger partial charge in [-0.25, -0.2) is 9.78 Å². The summed E-state index contributed by atoms with van der Waals surface area (Å²) in [6.45, 7) is 0. The zero-order valence-corrected chi connectivity index (χ0v) is 12.8. The summed E-state index contributed by atoms with van der Waals surface area (Å²) in [5, 5.41) is 1.95. The number of carbonyl (C=O) groups is 1. The highest BCUT2D eigenvalue weighted by atomic mass is 79.9. The summed E-state index contributed by atoms with van der Waals surface area (Å²) in [5.74, 6) is -0.419. The third kappa shape index (κ3) is 2.22. The van der Waals surface area contributed by atoms with Gasteiger partial charge in [-0.1, -0.05) is 0 Å². The second-order valence-electron chi connectivity index (χ2n) is 2.73. The van der Waals surface area contributed by atoms with Crippen LogP contribution in [0.3, 0.4) is 0 Å². The number of halogens is 2. The van der Waals surface area contributed by atoms with Gasteiger partial charge in [0.15, 0.2) is 9.61 Å². The Labute approximate surface area is 117 Å². The van der Waals surface area contributed by atoms with Gasteiger partial charge < -0.3 is 4.74 Å². The number of hydrogen-bond acceptors (Lipinski definition) is 5. The van der Waals surface area contributed by atoms with Gasteiger partial charge in [-0.15, -0.1) is 22.7 Å². The van der Waals surface area contributed by atoms with E-state index < -0.39 is 5.97 Å². The summed E-state index contributed by atoms with van der Waals surface area (Å²) in [7, 11) is 1.35. The van der Waals surface area contributed by atoms with Gasteiger partial charge in [0.2, 0.25) is 0 Å². The number of nitrogens with zero attached hydrogens (tertiary/aromatic N) is 1. The number of carbonyl (C=O) groups excluding carboxylic acids is 1. The van der Waals surface area contributed by atoms with Crippen LogP contribution < -0.4 is 0 Å². The molecule has 0 aromatic carbocycles. The number of ether oxygens (including phenoxy) is 1. The standard InChI is InChI=1S/C9H5Br2NO2S2/c1-14-8(13)5-7(16-9(11)12-5)6-4(10)2-3-15-6/h2-3H,1H3. The first kappa shape index (κ1) is 12.2. The van der Waals surface area contributed by atoms with Crippen molar-refractivity contribution in [3.63, 3.8) is 0 Å². The molecule has 0 saturated carbocycles. The molecule has 2 rings (SSSR count). The van der Waals surface area contributed by atoms with Gasteiger partial charge in [0.1, 0.15) is 0 Å². The van der Waals surface area contributed by atoms with Crippen molar-refractivity contribution in [3.05, 3.63) is 25.5 Å². The maximum atomic E-state index is 11.5. The highest BCUT2D eigenvalue weighted by molar-refractivity contribution is 9.11. The van der Waals surface area contributed by atoms with E-state index in [0.29, 0.717) is 9.61 Å². The monoisotopic (exact) mass is 381 g/mol. The Balaban J connectivity index is 2.57. The molecule has 0 spiro atoms. The molecule has 0 atom stereocenters. The van der Waals surface area contributed by atoms with E-state index in [1.165, 1.54) is 18.4 Å². The van der Waals surface area contributed by atoms with E-state index in [1.54, 1.807) is 11.3 Å². The van der Waals surface area contributed by atoms with Gasteiger partial charge in [-0.2, -0.15) is 0 Å². The molecule has 0 amide bonds. The molecule has 2 aromatic heterocycles. The summed E-state index contributed by atoms with van der Waals surface area (Å²) < 4.78 is 6.33. The molecule has 7 heteroatoms. The Kier molecular flexibility index (Phi) is 3.78. The molecular weight excluding hydrogens is 378 g/mol. The molecule has 0 radical (unpaired) electrons. The third-order valence-electron chi connectivity index (χ3n) is 1.80. The third-order valence-corrected chi connectivity index (χ3v) is 5.31. The summed E-state index contributed by atoms with van der Waals surface area (Å²) in [6, 6.07) is 1.94. The second kappa shape index (κ2) is 4.95. The number of aromatic nitrogens is 1. The van der Waals surface area contributed by atoms with Crippen molar-refractivity contribution in [3.8, 4) is 9.75 Å². The Bertz CT molecular complexity index is 535. The molecule has 84 valence electrons. The van der Waals surface area contributed by atoms with Crippen LogP contribution in [0.4, 0.5) is 0 Å². The largest absolute Gasteiger partial charge is 0.464 e. The summed E-state index contributed by atoms with van der Waals surface area (Å²) in [6.07, 6.45) is 0. The normalized spacial score (nSPS) is 10.4. The molecule has 2 heterocycles. The molecule has 0 aliphatic heterocycles. The van der Waals surface area contributed by atoms with Crippen LogP contribution in [0.2, 0.25) is 0 Å². The topological polar surface area (TPSA) is 39.2 Å². The lowest BCUT2D eigenvalue weighted by molar-refractivity contribution is 0.0595. The summed E-state index contributed by atoms with van der Waals surface area (Å²) in [5.41, 5.74) is 0.350. The predicted octanol–water partition coefficient (Wildman–Crippen LogP) is 4.18. The van der Waals surface area contributed by atoms with Gasteiger partial charge in [0, 0.05) is 4.47 Å². The maximum Gasteiger partial charge on any atom is 0.358 e. The van der Waals surface area contributed by atoms with Crippen LogP contribution in [0.5, 0.6) is 0 Å². The molecular formula is C9H5Br2NO2S2. The Morgan fingerprint density at radius 2 is 2.19 bits per heavy atom. The van der Waals surface area contributed by atoms with Crippen LogP contribution in [-0.4, -0.2) is 18.1 Å². The Hall–Kier alpha value is -0.240. The molecule has 0 bridgehead atoms. The Morgan fingerprint density at radius 1 is 1.44 bits per heavy atom. The number of thiophene rings is 1. The second-order valence-corrected chi connectivity index (χ2v) is 6.78. The molecule has 3 nitrogen and oxygen atoms in total.